The van der Waals surface area contributed by atoms with Gasteiger partial charge >= 0.3 is 0 Å². The molecule has 0 N–H and O–H groups in total. The third-order valence-corrected chi connectivity index (χ3v) is 15.6. The SMILES string of the molecule is CC1(C)c2ccccc2-c2cc3c(cc21)Oc1cc2c(cc1N3c1cc3c(c4ccccc14)-c1cc4c(cc1C3(C)C)-c1ccccc1C4(C)C)C(C)(C)c1ccccc1-2. The van der Waals surface area contributed by atoms with Crippen LogP contribution in [0.2, 0.25) is 0 Å². The molecule has 2 nitrogen and oxygen atoms in total. The predicted molar refractivity (Wildman–Crippen MR) is 249 cm³/mol. The van der Waals surface area contributed by atoms with Gasteiger partial charge in [-0.15, -0.1) is 0 Å². The first-order valence-corrected chi connectivity index (χ1v) is 21.7. The molecule has 8 aromatic carbocycles. The summed E-state index contributed by atoms with van der Waals surface area (Å²) in [6.45, 7) is 19.1. The molecule has 8 aromatic rings. The lowest BCUT2D eigenvalue weighted by atomic mass is 9.79. The molecule has 0 atom stereocenters. The highest BCUT2D eigenvalue weighted by atomic mass is 16.5. The maximum Gasteiger partial charge on any atom is 0.152 e. The van der Waals surface area contributed by atoms with Gasteiger partial charge in [-0.1, -0.05) is 152 Å². The average Bonchev–Trinajstić information content (AvgIpc) is 3.80. The van der Waals surface area contributed by atoms with Crippen LogP contribution >= 0.6 is 0 Å². The average molecular weight is 774 g/mol. The summed E-state index contributed by atoms with van der Waals surface area (Å²) in [5.41, 5.74) is 24.4. The fourth-order valence-corrected chi connectivity index (χ4v) is 12.4. The highest BCUT2D eigenvalue weighted by molar-refractivity contribution is 6.12. The zero-order chi connectivity index (χ0) is 40.8. The highest BCUT2D eigenvalue weighted by Gasteiger charge is 2.45. The van der Waals surface area contributed by atoms with Crippen LogP contribution in [-0.4, -0.2) is 0 Å². The highest BCUT2D eigenvalue weighted by Crippen LogP contribution is 2.63. The van der Waals surface area contributed by atoms with Crippen molar-refractivity contribution in [2.45, 2.75) is 77.0 Å². The number of anilines is 3. The molecule has 60 heavy (non-hydrogen) atoms. The smallest absolute Gasteiger partial charge is 0.152 e. The van der Waals surface area contributed by atoms with Gasteiger partial charge in [0, 0.05) is 27.0 Å². The molecule has 2 heteroatoms. The van der Waals surface area contributed by atoms with Gasteiger partial charge in [0.05, 0.1) is 17.1 Å². The molecular formula is C58H47NO. The molecule has 0 amide bonds. The predicted octanol–water partition coefficient (Wildman–Crippen LogP) is 15.6. The van der Waals surface area contributed by atoms with E-state index in [2.05, 4.69) is 200 Å². The molecule has 0 saturated carbocycles. The molecule has 1 heterocycles. The minimum absolute atomic E-state index is 0.0774. The van der Waals surface area contributed by atoms with Crippen molar-refractivity contribution in [2.24, 2.45) is 0 Å². The van der Waals surface area contributed by atoms with Gasteiger partial charge in [-0.2, -0.15) is 0 Å². The van der Waals surface area contributed by atoms with Crippen LogP contribution in [0.25, 0.3) is 55.3 Å². The number of hydrogen-bond acceptors (Lipinski definition) is 2. The monoisotopic (exact) mass is 773 g/mol. The summed E-state index contributed by atoms with van der Waals surface area (Å²) in [5.74, 6) is 1.79. The van der Waals surface area contributed by atoms with Crippen molar-refractivity contribution < 1.29 is 4.74 Å². The molecule has 0 bridgehead atoms. The van der Waals surface area contributed by atoms with E-state index in [1.807, 2.05) is 0 Å². The molecule has 0 aromatic heterocycles. The number of benzene rings is 8. The van der Waals surface area contributed by atoms with E-state index in [0.717, 1.165) is 22.9 Å². The maximum absolute atomic E-state index is 7.20. The summed E-state index contributed by atoms with van der Waals surface area (Å²) in [6, 6.07) is 53.2. The summed E-state index contributed by atoms with van der Waals surface area (Å²) in [4.78, 5) is 2.56. The summed E-state index contributed by atoms with van der Waals surface area (Å²) < 4.78 is 7.20. The third kappa shape index (κ3) is 4.01. The van der Waals surface area contributed by atoms with E-state index in [-0.39, 0.29) is 21.7 Å². The third-order valence-electron chi connectivity index (χ3n) is 15.6. The van der Waals surface area contributed by atoms with E-state index in [4.69, 9.17) is 4.74 Å². The lowest BCUT2D eigenvalue weighted by Crippen LogP contribution is -2.21. The molecule has 13 rings (SSSR count). The molecule has 0 spiro atoms. The normalized spacial score (nSPS) is 17.6. The molecule has 0 fully saturated rings. The molecule has 0 radical (unpaired) electrons. The number of hydrogen-bond donors (Lipinski definition) is 0. The zero-order valence-corrected chi connectivity index (χ0v) is 35.6. The Bertz CT molecular complexity index is 3300. The van der Waals surface area contributed by atoms with Crippen LogP contribution in [0.5, 0.6) is 11.5 Å². The van der Waals surface area contributed by atoms with Crippen molar-refractivity contribution in [3.8, 4) is 56.0 Å². The lowest BCUT2D eigenvalue weighted by Gasteiger charge is -2.36. The number of ether oxygens (including phenoxy) is 1. The maximum atomic E-state index is 7.20. The Morgan fingerprint density at radius 3 is 1.33 bits per heavy atom. The fourth-order valence-electron chi connectivity index (χ4n) is 12.4. The van der Waals surface area contributed by atoms with Crippen LogP contribution < -0.4 is 9.64 Å². The number of fused-ring (bicyclic) bond motifs is 16. The largest absolute Gasteiger partial charge is 0.453 e. The fraction of sp³-hybridized carbons (Fsp3) is 0.207. The minimum atomic E-state index is -0.236. The van der Waals surface area contributed by atoms with Crippen molar-refractivity contribution in [1.29, 1.82) is 0 Å². The quantitative estimate of drug-likeness (QED) is 0.165. The minimum Gasteiger partial charge on any atom is -0.453 e. The Morgan fingerprint density at radius 2 is 0.717 bits per heavy atom. The first-order valence-electron chi connectivity index (χ1n) is 21.7. The van der Waals surface area contributed by atoms with Crippen LogP contribution in [0.1, 0.15) is 99.9 Å². The number of rotatable bonds is 1. The molecule has 290 valence electrons. The Hall–Kier alpha value is -6.38. The van der Waals surface area contributed by atoms with Crippen molar-refractivity contribution in [3.63, 3.8) is 0 Å². The molecule has 5 aliphatic rings. The second kappa shape index (κ2) is 10.9. The van der Waals surface area contributed by atoms with E-state index in [9.17, 15) is 0 Å². The number of nitrogens with zero attached hydrogens (tertiary/aromatic N) is 1. The van der Waals surface area contributed by atoms with Gasteiger partial charge in [-0.25, -0.2) is 0 Å². The van der Waals surface area contributed by atoms with Crippen LogP contribution in [0.15, 0.2) is 140 Å². The van der Waals surface area contributed by atoms with Crippen LogP contribution in [0.3, 0.4) is 0 Å². The van der Waals surface area contributed by atoms with Gasteiger partial charge in [-0.3, -0.25) is 0 Å². The van der Waals surface area contributed by atoms with Crippen LogP contribution in [0, 0.1) is 0 Å². The van der Waals surface area contributed by atoms with Crippen LogP contribution in [0.4, 0.5) is 17.1 Å². The van der Waals surface area contributed by atoms with Gasteiger partial charge in [0.15, 0.2) is 11.5 Å². The second-order valence-corrected chi connectivity index (χ2v) is 20.1. The van der Waals surface area contributed by atoms with Crippen molar-refractivity contribution in [2.75, 3.05) is 4.90 Å². The summed E-state index contributed by atoms with van der Waals surface area (Å²) in [7, 11) is 0. The Balaban J connectivity index is 1.10. The van der Waals surface area contributed by atoms with E-state index < -0.39 is 0 Å². The van der Waals surface area contributed by atoms with Crippen molar-refractivity contribution >= 4 is 27.8 Å². The van der Waals surface area contributed by atoms with Crippen molar-refractivity contribution in [3.05, 3.63) is 184 Å². The van der Waals surface area contributed by atoms with E-state index in [0.29, 0.717) is 0 Å². The molecule has 1 aliphatic heterocycles. The molecule has 0 saturated heterocycles. The van der Waals surface area contributed by atoms with Gasteiger partial charge in [0.2, 0.25) is 0 Å². The molecule has 4 aliphatic carbocycles. The van der Waals surface area contributed by atoms with Gasteiger partial charge in [0.1, 0.15) is 0 Å². The standard InChI is InChI=1S/C58H47NO/c1-55(2)41-22-14-11-17-32(41)37-25-45-40(26-44(37)55)54-36-21-10-9-20-35(36)49(30-48(54)58(45,7)8)59-50-27-38-33-18-12-15-23-42(33)57(5,6)47(38)31-53(50)60-52-28-39-34-19-13-16-24-43(34)56(3,4)46(39)29-51(52)59/h9-31H,1-8H3. The van der Waals surface area contributed by atoms with Crippen molar-refractivity contribution in [1.82, 2.24) is 0 Å². The van der Waals surface area contributed by atoms with E-state index in [1.165, 1.54) is 105 Å². The summed E-state index contributed by atoms with van der Waals surface area (Å²) in [6.07, 6.45) is 0. The molecular weight excluding hydrogens is 727 g/mol. The van der Waals surface area contributed by atoms with Crippen LogP contribution in [-0.2, 0) is 21.7 Å². The first kappa shape index (κ1) is 34.5. The topological polar surface area (TPSA) is 12.5 Å². The summed E-state index contributed by atoms with van der Waals surface area (Å²) >= 11 is 0. The lowest BCUT2D eigenvalue weighted by molar-refractivity contribution is 0.474. The Kier molecular flexibility index (Phi) is 6.24. The summed E-state index contributed by atoms with van der Waals surface area (Å²) in [5, 5.41) is 2.53. The van der Waals surface area contributed by atoms with Gasteiger partial charge in [0.25, 0.3) is 0 Å². The first-order chi connectivity index (χ1) is 28.8. The van der Waals surface area contributed by atoms with Gasteiger partial charge < -0.3 is 9.64 Å². The van der Waals surface area contributed by atoms with E-state index in [1.54, 1.807) is 0 Å². The Morgan fingerprint density at radius 1 is 0.317 bits per heavy atom. The Labute approximate surface area is 353 Å². The molecule has 0 unspecified atom stereocenters. The zero-order valence-electron chi connectivity index (χ0n) is 35.6. The van der Waals surface area contributed by atoms with E-state index >= 15 is 0 Å². The van der Waals surface area contributed by atoms with Gasteiger partial charge in [-0.05, 0) is 137 Å². The second-order valence-electron chi connectivity index (χ2n) is 20.1.